The first kappa shape index (κ1) is 14.9. The summed E-state index contributed by atoms with van der Waals surface area (Å²) in [7, 11) is 0. The quantitative estimate of drug-likeness (QED) is 0.840. The molecule has 1 aliphatic rings. The van der Waals surface area contributed by atoms with E-state index in [1.165, 1.54) is 12.8 Å². The normalized spacial score (nSPS) is 18.2. The maximum atomic E-state index is 12.0. The van der Waals surface area contributed by atoms with E-state index < -0.39 is 0 Å². The first-order chi connectivity index (χ1) is 9.65. The van der Waals surface area contributed by atoms with E-state index in [-0.39, 0.29) is 12.0 Å². The molecule has 1 saturated heterocycles. The van der Waals surface area contributed by atoms with Gasteiger partial charge in [0.1, 0.15) is 5.75 Å². The Morgan fingerprint density at radius 3 is 2.95 bits per heavy atom. The van der Waals surface area contributed by atoms with E-state index in [9.17, 15) is 4.79 Å². The molecule has 0 spiro atoms. The maximum absolute atomic E-state index is 12.0. The fourth-order valence-electron chi connectivity index (χ4n) is 2.45. The van der Waals surface area contributed by atoms with Gasteiger partial charge in [-0.15, -0.1) is 0 Å². The number of hydrogen-bond acceptors (Lipinski definition) is 3. The first-order valence-electron chi connectivity index (χ1n) is 7.44. The highest BCUT2D eigenvalue weighted by atomic mass is 16.5. The van der Waals surface area contributed by atoms with Gasteiger partial charge in [-0.25, -0.2) is 0 Å². The fraction of sp³-hybridized carbons (Fsp3) is 0.562. The highest BCUT2D eigenvalue weighted by molar-refractivity contribution is 5.92. The van der Waals surface area contributed by atoms with Gasteiger partial charge in [-0.3, -0.25) is 4.79 Å². The number of hydrogen-bond donors (Lipinski definition) is 2. The summed E-state index contributed by atoms with van der Waals surface area (Å²) in [5, 5.41) is 6.36. The zero-order valence-corrected chi connectivity index (χ0v) is 12.3. The number of carbonyl (C=O) groups excluding carboxylic acids is 1. The van der Waals surface area contributed by atoms with Gasteiger partial charge in [0, 0.05) is 12.5 Å². The van der Waals surface area contributed by atoms with Gasteiger partial charge >= 0.3 is 0 Å². The summed E-state index contributed by atoms with van der Waals surface area (Å²) >= 11 is 0. The van der Waals surface area contributed by atoms with Crippen LogP contribution in [0.25, 0.3) is 0 Å². The minimum atomic E-state index is 0.0542. The molecule has 0 radical (unpaired) electrons. The molecular formula is C16H24N2O2. The Labute approximate surface area is 120 Å². The molecule has 1 unspecified atom stereocenters. The van der Waals surface area contributed by atoms with Gasteiger partial charge in [-0.05, 0) is 51.8 Å². The van der Waals surface area contributed by atoms with Crippen molar-refractivity contribution in [1.29, 1.82) is 0 Å². The predicted molar refractivity (Wildman–Crippen MR) is 81.1 cm³/mol. The van der Waals surface area contributed by atoms with Gasteiger partial charge in [0.25, 0.3) is 0 Å². The number of amides is 1. The Bertz CT molecular complexity index is 440. The number of para-hydroxylation sites is 2. The molecule has 1 amide bonds. The molecule has 0 aromatic heterocycles. The SMILES string of the molecule is CC(C)Oc1ccccc1NC(=O)CCC1CCCN1. The van der Waals surface area contributed by atoms with Crippen LogP contribution in [0.2, 0.25) is 0 Å². The van der Waals surface area contributed by atoms with Crippen LogP contribution < -0.4 is 15.4 Å². The molecule has 110 valence electrons. The van der Waals surface area contributed by atoms with E-state index >= 15 is 0 Å². The summed E-state index contributed by atoms with van der Waals surface area (Å²) in [6.07, 6.45) is 3.94. The zero-order chi connectivity index (χ0) is 14.4. The molecule has 20 heavy (non-hydrogen) atoms. The van der Waals surface area contributed by atoms with E-state index in [1.54, 1.807) is 0 Å². The number of nitrogens with one attached hydrogen (secondary N) is 2. The zero-order valence-electron chi connectivity index (χ0n) is 12.3. The Hall–Kier alpha value is -1.55. The van der Waals surface area contributed by atoms with E-state index in [0.29, 0.717) is 12.5 Å². The van der Waals surface area contributed by atoms with Crippen LogP contribution in [0.1, 0.15) is 39.5 Å². The molecule has 0 saturated carbocycles. The molecule has 1 atom stereocenters. The molecule has 2 N–H and O–H groups in total. The second-order valence-corrected chi connectivity index (χ2v) is 5.54. The average molecular weight is 276 g/mol. The van der Waals surface area contributed by atoms with Crippen LogP contribution in [0.3, 0.4) is 0 Å². The minimum Gasteiger partial charge on any atom is -0.489 e. The third-order valence-electron chi connectivity index (χ3n) is 3.41. The lowest BCUT2D eigenvalue weighted by molar-refractivity contribution is -0.116. The largest absolute Gasteiger partial charge is 0.489 e. The molecule has 1 aliphatic heterocycles. The fourth-order valence-corrected chi connectivity index (χ4v) is 2.45. The minimum absolute atomic E-state index is 0.0542. The highest BCUT2D eigenvalue weighted by Crippen LogP contribution is 2.25. The summed E-state index contributed by atoms with van der Waals surface area (Å²) in [5.74, 6) is 0.786. The van der Waals surface area contributed by atoms with Crippen LogP contribution in [0.4, 0.5) is 5.69 Å². The number of carbonyl (C=O) groups is 1. The van der Waals surface area contributed by atoms with Crippen molar-refractivity contribution in [2.45, 2.75) is 51.7 Å². The second-order valence-electron chi connectivity index (χ2n) is 5.54. The van der Waals surface area contributed by atoms with Gasteiger partial charge in [-0.2, -0.15) is 0 Å². The molecule has 1 fully saturated rings. The van der Waals surface area contributed by atoms with Crippen molar-refractivity contribution in [1.82, 2.24) is 5.32 Å². The lowest BCUT2D eigenvalue weighted by Gasteiger charge is -2.15. The molecule has 0 bridgehead atoms. The monoisotopic (exact) mass is 276 g/mol. The highest BCUT2D eigenvalue weighted by Gasteiger charge is 2.16. The summed E-state index contributed by atoms with van der Waals surface area (Å²) in [6, 6.07) is 8.08. The lowest BCUT2D eigenvalue weighted by Crippen LogP contribution is -2.23. The third-order valence-corrected chi connectivity index (χ3v) is 3.41. The standard InChI is InChI=1S/C16H24N2O2/c1-12(2)20-15-8-4-3-7-14(15)18-16(19)10-9-13-6-5-11-17-13/h3-4,7-8,12-13,17H,5-6,9-11H2,1-2H3,(H,18,19). The van der Waals surface area contributed by atoms with Crippen molar-refractivity contribution >= 4 is 11.6 Å². The number of rotatable bonds is 6. The summed E-state index contributed by atoms with van der Waals surface area (Å²) in [6.45, 7) is 5.03. The maximum Gasteiger partial charge on any atom is 0.224 e. The van der Waals surface area contributed by atoms with E-state index in [2.05, 4.69) is 10.6 Å². The van der Waals surface area contributed by atoms with Gasteiger partial charge in [-0.1, -0.05) is 12.1 Å². The van der Waals surface area contributed by atoms with Crippen LogP contribution in [0, 0.1) is 0 Å². The molecule has 2 rings (SSSR count). The van der Waals surface area contributed by atoms with Crippen LogP contribution in [-0.4, -0.2) is 24.6 Å². The number of benzene rings is 1. The first-order valence-corrected chi connectivity index (χ1v) is 7.44. The van der Waals surface area contributed by atoms with Crippen LogP contribution >= 0.6 is 0 Å². The van der Waals surface area contributed by atoms with Crippen LogP contribution in [0.15, 0.2) is 24.3 Å². The Balaban J connectivity index is 1.86. The third kappa shape index (κ3) is 4.53. The van der Waals surface area contributed by atoms with Gasteiger partial charge < -0.3 is 15.4 Å². The second kappa shape index (κ2) is 7.29. The smallest absolute Gasteiger partial charge is 0.224 e. The van der Waals surface area contributed by atoms with Crippen molar-refractivity contribution in [3.8, 4) is 5.75 Å². The Morgan fingerprint density at radius 1 is 1.45 bits per heavy atom. The van der Waals surface area contributed by atoms with Gasteiger partial charge in [0.15, 0.2) is 0 Å². The topological polar surface area (TPSA) is 50.4 Å². The average Bonchev–Trinajstić information content (AvgIpc) is 2.91. The van der Waals surface area contributed by atoms with E-state index in [4.69, 9.17) is 4.74 Å². The predicted octanol–water partition coefficient (Wildman–Crippen LogP) is 2.94. The Kier molecular flexibility index (Phi) is 5.41. The van der Waals surface area contributed by atoms with Gasteiger partial charge in [0.2, 0.25) is 5.91 Å². The molecule has 1 aromatic rings. The van der Waals surface area contributed by atoms with Crippen molar-refractivity contribution in [3.63, 3.8) is 0 Å². The van der Waals surface area contributed by atoms with Crippen molar-refractivity contribution in [2.24, 2.45) is 0 Å². The van der Waals surface area contributed by atoms with Crippen molar-refractivity contribution < 1.29 is 9.53 Å². The molecule has 4 heteroatoms. The number of anilines is 1. The van der Waals surface area contributed by atoms with E-state index in [0.717, 1.165) is 24.4 Å². The van der Waals surface area contributed by atoms with E-state index in [1.807, 2.05) is 38.1 Å². The van der Waals surface area contributed by atoms with Crippen LogP contribution in [-0.2, 0) is 4.79 Å². The number of ether oxygens (including phenoxy) is 1. The van der Waals surface area contributed by atoms with Crippen molar-refractivity contribution in [3.05, 3.63) is 24.3 Å². The molecule has 4 nitrogen and oxygen atoms in total. The molecule has 1 aromatic carbocycles. The summed E-state index contributed by atoms with van der Waals surface area (Å²) in [5.41, 5.74) is 0.755. The molecule has 1 heterocycles. The summed E-state index contributed by atoms with van der Waals surface area (Å²) in [4.78, 5) is 12.0. The molecule has 0 aliphatic carbocycles. The molecular weight excluding hydrogens is 252 g/mol. The van der Waals surface area contributed by atoms with Crippen LogP contribution in [0.5, 0.6) is 5.75 Å². The van der Waals surface area contributed by atoms with Gasteiger partial charge in [0.05, 0.1) is 11.8 Å². The Morgan fingerprint density at radius 2 is 2.25 bits per heavy atom. The van der Waals surface area contributed by atoms with Crippen molar-refractivity contribution in [2.75, 3.05) is 11.9 Å². The summed E-state index contributed by atoms with van der Waals surface area (Å²) < 4.78 is 5.70. The lowest BCUT2D eigenvalue weighted by atomic mass is 10.1.